The van der Waals surface area contributed by atoms with Gasteiger partial charge in [0.15, 0.2) is 0 Å². The molecule has 0 bridgehead atoms. The Morgan fingerprint density at radius 3 is 2.94 bits per heavy atom. The third kappa shape index (κ3) is 3.06. The molecule has 0 radical (unpaired) electrons. The van der Waals surface area contributed by atoms with E-state index >= 15 is 0 Å². The van der Waals surface area contributed by atoms with Crippen molar-refractivity contribution in [1.29, 1.82) is 0 Å². The fourth-order valence-corrected chi connectivity index (χ4v) is 2.23. The second-order valence-electron chi connectivity index (χ2n) is 4.69. The summed E-state index contributed by atoms with van der Waals surface area (Å²) in [6, 6.07) is 7.28. The maximum atomic E-state index is 5.34. The van der Waals surface area contributed by atoms with E-state index in [1.165, 1.54) is 16.7 Å². The second-order valence-corrected chi connectivity index (χ2v) is 4.69. The lowest BCUT2D eigenvalue weighted by Gasteiger charge is -2.11. The molecular weight excluding hydrogens is 198 g/mol. The molecule has 2 nitrogen and oxygen atoms in total. The molecule has 1 saturated heterocycles. The highest BCUT2D eigenvalue weighted by Crippen LogP contribution is 2.11. The Balaban J connectivity index is 1.80. The van der Waals surface area contributed by atoms with Gasteiger partial charge in [-0.2, -0.15) is 0 Å². The van der Waals surface area contributed by atoms with Crippen LogP contribution in [0.3, 0.4) is 0 Å². The first-order chi connectivity index (χ1) is 7.75. The second kappa shape index (κ2) is 5.46. The molecule has 0 saturated carbocycles. The summed E-state index contributed by atoms with van der Waals surface area (Å²) in [6.07, 6.45) is 2.27. The molecule has 1 aromatic carbocycles. The average molecular weight is 219 g/mol. The van der Waals surface area contributed by atoms with Gasteiger partial charge in [-0.05, 0) is 44.4 Å². The van der Waals surface area contributed by atoms with Gasteiger partial charge in [0.2, 0.25) is 0 Å². The standard InChI is InChI=1S/C14H21NO/c1-11-3-4-13(12(2)9-11)5-7-15-14-6-8-16-10-14/h3-4,9,14-15H,5-8,10H2,1-2H3. The van der Waals surface area contributed by atoms with Gasteiger partial charge in [-0.25, -0.2) is 0 Å². The van der Waals surface area contributed by atoms with E-state index in [4.69, 9.17) is 4.74 Å². The van der Waals surface area contributed by atoms with E-state index in [0.717, 1.165) is 32.6 Å². The van der Waals surface area contributed by atoms with Gasteiger partial charge in [0, 0.05) is 12.6 Å². The lowest BCUT2D eigenvalue weighted by molar-refractivity contribution is 0.190. The molecule has 1 atom stereocenters. The van der Waals surface area contributed by atoms with Crippen LogP contribution in [0, 0.1) is 13.8 Å². The topological polar surface area (TPSA) is 21.3 Å². The van der Waals surface area contributed by atoms with Crippen LogP contribution in [0.5, 0.6) is 0 Å². The minimum Gasteiger partial charge on any atom is -0.380 e. The van der Waals surface area contributed by atoms with Crippen LogP contribution < -0.4 is 5.32 Å². The molecule has 0 amide bonds. The molecule has 2 heteroatoms. The first-order valence-corrected chi connectivity index (χ1v) is 6.13. The number of hydrogen-bond donors (Lipinski definition) is 1. The predicted octanol–water partition coefficient (Wildman–Crippen LogP) is 2.22. The van der Waals surface area contributed by atoms with Crippen molar-refractivity contribution in [2.45, 2.75) is 32.7 Å². The predicted molar refractivity (Wildman–Crippen MR) is 66.8 cm³/mol. The van der Waals surface area contributed by atoms with Crippen LogP contribution in [0.1, 0.15) is 23.1 Å². The molecule has 1 heterocycles. The Hall–Kier alpha value is -0.860. The smallest absolute Gasteiger partial charge is 0.0620 e. The van der Waals surface area contributed by atoms with Crippen molar-refractivity contribution in [3.05, 3.63) is 34.9 Å². The number of rotatable bonds is 4. The van der Waals surface area contributed by atoms with Gasteiger partial charge in [0.1, 0.15) is 0 Å². The summed E-state index contributed by atoms with van der Waals surface area (Å²) in [5.41, 5.74) is 4.21. The van der Waals surface area contributed by atoms with Crippen LogP contribution >= 0.6 is 0 Å². The van der Waals surface area contributed by atoms with Crippen molar-refractivity contribution >= 4 is 0 Å². The fourth-order valence-electron chi connectivity index (χ4n) is 2.23. The Kier molecular flexibility index (Phi) is 3.97. The summed E-state index contributed by atoms with van der Waals surface area (Å²) in [4.78, 5) is 0. The number of benzene rings is 1. The molecule has 1 aliphatic heterocycles. The molecule has 1 aliphatic rings. The molecule has 1 N–H and O–H groups in total. The molecule has 0 spiro atoms. The minimum absolute atomic E-state index is 0.575. The van der Waals surface area contributed by atoms with Crippen LogP contribution in [0.15, 0.2) is 18.2 Å². The zero-order valence-corrected chi connectivity index (χ0v) is 10.3. The Bertz CT molecular complexity index is 343. The van der Waals surface area contributed by atoms with Crippen LogP contribution in [0.25, 0.3) is 0 Å². The van der Waals surface area contributed by atoms with E-state index in [0.29, 0.717) is 6.04 Å². The highest BCUT2D eigenvalue weighted by Gasteiger charge is 2.13. The van der Waals surface area contributed by atoms with E-state index < -0.39 is 0 Å². The van der Waals surface area contributed by atoms with Gasteiger partial charge in [-0.3, -0.25) is 0 Å². The van der Waals surface area contributed by atoms with Gasteiger partial charge < -0.3 is 10.1 Å². The molecule has 16 heavy (non-hydrogen) atoms. The van der Waals surface area contributed by atoms with Crippen molar-refractivity contribution in [2.75, 3.05) is 19.8 Å². The first-order valence-electron chi connectivity index (χ1n) is 6.13. The summed E-state index contributed by atoms with van der Waals surface area (Å²) < 4.78 is 5.34. The SMILES string of the molecule is Cc1ccc(CCNC2CCOC2)c(C)c1. The molecule has 1 unspecified atom stereocenters. The summed E-state index contributed by atoms with van der Waals surface area (Å²) in [6.45, 7) is 7.19. The number of nitrogens with one attached hydrogen (secondary N) is 1. The van der Waals surface area contributed by atoms with Gasteiger partial charge in [0.25, 0.3) is 0 Å². The molecule has 0 aromatic heterocycles. The highest BCUT2D eigenvalue weighted by molar-refractivity contribution is 5.30. The lowest BCUT2D eigenvalue weighted by Crippen LogP contribution is -2.31. The molecule has 2 rings (SSSR count). The fraction of sp³-hybridized carbons (Fsp3) is 0.571. The maximum absolute atomic E-state index is 5.34. The van der Waals surface area contributed by atoms with Crippen molar-refractivity contribution in [3.63, 3.8) is 0 Å². The van der Waals surface area contributed by atoms with Gasteiger partial charge >= 0.3 is 0 Å². The normalized spacial score (nSPS) is 20.2. The molecule has 88 valence electrons. The molecule has 0 aliphatic carbocycles. The third-order valence-electron chi connectivity index (χ3n) is 3.26. The molecule has 1 aromatic rings. The van der Waals surface area contributed by atoms with Crippen molar-refractivity contribution in [2.24, 2.45) is 0 Å². The van der Waals surface area contributed by atoms with E-state index in [2.05, 4.69) is 37.4 Å². The quantitative estimate of drug-likeness (QED) is 0.838. The zero-order valence-electron chi connectivity index (χ0n) is 10.3. The van der Waals surface area contributed by atoms with Crippen molar-refractivity contribution in [3.8, 4) is 0 Å². The maximum Gasteiger partial charge on any atom is 0.0620 e. The Labute approximate surface area is 98.0 Å². The van der Waals surface area contributed by atoms with Crippen LogP contribution in [0.2, 0.25) is 0 Å². The highest BCUT2D eigenvalue weighted by atomic mass is 16.5. The summed E-state index contributed by atoms with van der Waals surface area (Å²) in [5, 5.41) is 3.55. The minimum atomic E-state index is 0.575. The molecular formula is C14H21NO. The lowest BCUT2D eigenvalue weighted by atomic mass is 10.0. The van der Waals surface area contributed by atoms with Crippen LogP contribution in [-0.4, -0.2) is 25.8 Å². The monoisotopic (exact) mass is 219 g/mol. The summed E-state index contributed by atoms with van der Waals surface area (Å²) in [7, 11) is 0. The van der Waals surface area contributed by atoms with Crippen LogP contribution in [-0.2, 0) is 11.2 Å². The number of hydrogen-bond acceptors (Lipinski definition) is 2. The van der Waals surface area contributed by atoms with E-state index in [1.54, 1.807) is 0 Å². The van der Waals surface area contributed by atoms with Gasteiger partial charge in [0.05, 0.1) is 6.61 Å². The number of aryl methyl sites for hydroxylation is 2. The zero-order chi connectivity index (χ0) is 11.4. The Morgan fingerprint density at radius 2 is 2.25 bits per heavy atom. The van der Waals surface area contributed by atoms with E-state index in [-0.39, 0.29) is 0 Å². The first kappa shape index (κ1) is 11.6. The van der Waals surface area contributed by atoms with Crippen molar-refractivity contribution < 1.29 is 4.74 Å². The average Bonchev–Trinajstić information content (AvgIpc) is 2.74. The Morgan fingerprint density at radius 1 is 1.38 bits per heavy atom. The number of ether oxygens (including phenoxy) is 1. The van der Waals surface area contributed by atoms with Gasteiger partial charge in [-0.15, -0.1) is 0 Å². The summed E-state index contributed by atoms with van der Waals surface area (Å²) in [5.74, 6) is 0. The van der Waals surface area contributed by atoms with E-state index in [1.807, 2.05) is 0 Å². The summed E-state index contributed by atoms with van der Waals surface area (Å²) >= 11 is 0. The van der Waals surface area contributed by atoms with Gasteiger partial charge in [-0.1, -0.05) is 23.8 Å². The van der Waals surface area contributed by atoms with Crippen molar-refractivity contribution in [1.82, 2.24) is 5.32 Å². The van der Waals surface area contributed by atoms with Crippen LogP contribution in [0.4, 0.5) is 0 Å². The largest absolute Gasteiger partial charge is 0.380 e. The van der Waals surface area contributed by atoms with E-state index in [9.17, 15) is 0 Å². The molecule has 1 fully saturated rings. The third-order valence-corrected chi connectivity index (χ3v) is 3.26.